The summed E-state index contributed by atoms with van der Waals surface area (Å²) in [5.74, 6) is 1.91. The fraction of sp³-hybridized carbons (Fsp3) is 0.143. The highest BCUT2D eigenvalue weighted by atomic mass is 35.5. The van der Waals surface area contributed by atoms with Crippen LogP contribution in [0.3, 0.4) is 0 Å². The highest BCUT2D eigenvalue weighted by molar-refractivity contribution is 7.97. The minimum Gasteiger partial charge on any atom is -0.399 e. The Morgan fingerprint density at radius 3 is 2.47 bits per heavy atom. The van der Waals surface area contributed by atoms with Crippen molar-refractivity contribution in [3.63, 3.8) is 0 Å². The number of nitrogen functional groups attached to an aromatic ring is 1. The number of hydrogen-bond acceptors (Lipinski definition) is 2. The molecule has 0 aliphatic heterocycles. The molecule has 0 unspecified atom stereocenters. The van der Waals surface area contributed by atoms with E-state index in [1.54, 1.807) is 6.07 Å². The Balaban J connectivity index is 1.90. The van der Waals surface area contributed by atoms with Crippen LogP contribution in [0, 0.1) is 0 Å². The van der Waals surface area contributed by atoms with Crippen molar-refractivity contribution in [1.29, 1.82) is 0 Å². The maximum atomic E-state index is 6.12. The van der Waals surface area contributed by atoms with Crippen LogP contribution in [0.1, 0.15) is 11.1 Å². The van der Waals surface area contributed by atoms with Crippen molar-refractivity contribution in [1.82, 2.24) is 0 Å². The van der Waals surface area contributed by atoms with Crippen molar-refractivity contribution < 1.29 is 0 Å². The second kappa shape index (κ2) is 5.99. The summed E-state index contributed by atoms with van der Waals surface area (Å²) in [6.07, 6.45) is 0. The van der Waals surface area contributed by atoms with Gasteiger partial charge in [0, 0.05) is 22.2 Å². The maximum absolute atomic E-state index is 6.12. The van der Waals surface area contributed by atoms with E-state index in [1.807, 2.05) is 30.0 Å². The van der Waals surface area contributed by atoms with Crippen LogP contribution in [-0.2, 0) is 11.5 Å². The summed E-state index contributed by atoms with van der Waals surface area (Å²) < 4.78 is 0. The first kappa shape index (κ1) is 12.3. The number of benzene rings is 2. The number of halogens is 1. The van der Waals surface area contributed by atoms with Gasteiger partial charge in [-0.3, -0.25) is 0 Å². The topological polar surface area (TPSA) is 26.0 Å². The molecule has 3 heteroatoms. The highest BCUT2D eigenvalue weighted by Crippen LogP contribution is 2.25. The fourth-order valence-corrected chi connectivity index (χ4v) is 2.87. The molecule has 0 aliphatic rings. The summed E-state index contributed by atoms with van der Waals surface area (Å²) >= 11 is 7.97. The molecular weight excluding hydrogens is 250 g/mol. The molecule has 0 aromatic heterocycles. The molecule has 0 fully saturated rings. The van der Waals surface area contributed by atoms with Crippen molar-refractivity contribution in [3.8, 4) is 0 Å². The second-order valence-electron chi connectivity index (χ2n) is 3.83. The van der Waals surface area contributed by atoms with Crippen LogP contribution in [0.25, 0.3) is 0 Å². The van der Waals surface area contributed by atoms with Crippen LogP contribution in [0.2, 0.25) is 5.02 Å². The standard InChI is InChI=1S/C14H14ClNS/c15-14-8-13(16)7-6-12(14)10-17-9-11-4-2-1-3-5-11/h1-8H,9-10,16H2. The Bertz CT molecular complexity index is 485. The van der Waals surface area contributed by atoms with Gasteiger partial charge in [-0.2, -0.15) is 11.8 Å². The molecule has 0 bridgehead atoms. The number of hydrogen-bond donors (Lipinski definition) is 1. The molecule has 2 N–H and O–H groups in total. The molecule has 0 amide bonds. The summed E-state index contributed by atoms with van der Waals surface area (Å²) in [5, 5.41) is 0.755. The SMILES string of the molecule is Nc1ccc(CSCc2ccccc2)c(Cl)c1. The first-order chi connectivity index (χ1) is 8.25. The van der Waals surface area contributed by atoms with Gasteiger partial charge in [-0.1, -0.05) is 48.0 Å². The van der Waals surface area contributed by atoms with E-state index in [0.29, 0.717) is 5.69 Å². The number of thioether (sulfide) groups is 1. The third-order valence-corrected chi connectivity index (χ3v) is 3.85. The van der Waals surface area contributed by atoms with E-state index in [2.05, 4.69) is 24.3 Å². The van der Waals surface area contributed by atoms with Crippen molar-refractivity contribution >= 4 is 29.1 Å². The third kappa shape index (κ3) is 3.69. The molecule has 2 rings (SSSR count). The van der Waals surface area contributed by atoms with Crippen LogP contribution in [0.5, 0.6) is 0 Å². The van der Waals surface area contributed by atoms with E-state index in [0.717, 1.165) is 22.1 Å². The van der Waals surface area contributed by atoms with E-state index in [-0.39, 0.29) is 0 Å². The summed E-state index contributed by atoms with van der Waals surface area (Å²) in [5.41, 5.74) is 8.85. The number of nitrogens with two attached hydrogens (primary N) is 1. The average molecular weight is 264 g/mol. The van der Waals surface area contributed by atoms with Gasteiger partial charge in [0.1, 0.15) is 0 Å². The van der Waals surface area contributed by atoms with Gasteiger partial charge in [0.15, 0.2) is 0 Å². The Morgan fingerprint density at radius 2 is 1.76 bits per heavy atom. The molecule has 0 radical (unpaired) electrons. The van der Waals surface area contributed by atoms with Gasteiger partial charge in [-0.25, -0.2) is 0 Å². The molecule has 17 heavy (non-hydrogen) atoms. The van der Waals surface area contributed by atoms with Gasteiger partial charge < -0.3 is 5.73 Å². The largest absolute Gasteiger partial charge is 0.399 e. The Hall–Kier alpha value is -1.12. The molecule has 0 saturated heterocycles. The fourth-order valence-electron chi connectivity index (χ4n) is 1.53. The van der Waals surface area contributed by atoms with Crippen LogP contribution in [-0.4, -0.2) is 0 Å². The average Bonchev–Trinajstić information content (AvgIpc) is 2.33. The second-order valence-corrected chi connectivity index (χ2v) is 5.22. The number of anilines is 1. The molecule has 2 aromatic rings. The maximum Gasteiger partial charge on any atom is 0.0466 e. The number of rotatable bonds is 4. The molecule has 0 aliphatic carbocycles. The Labute approximate surface area is 111 Å². The Kier molecular flexibility index (Phi) is 4.35. The lowest BCUT2D eigenvalue weighted by atomic mass is 10.2. The smallest absolute Gasteiger partial charge is 0.0466 e. The first-order valence-corrected chi connectivity index (χ1v) is 6.94. The van der Waals surface area contributed by atoms with E-state index in [4.69, 9.17) is 17.3 Å². The zero-order chi connectivity index (χ0) is 12.1. The minimum absolute atomic E-state index is 0.715. The third-order valence-electron chi connectivity index (χ3n) is 2.45. The summed E-state index contributed by atoms with van der Waals surface area (Å²) in [4.78, 5) is 0. The van der Waals surface area contributed by atoms with E-state index < -0.39 is 0 Å². The van der Waals surface area contributed by atoms with Crippen LogP contribution in [0.4, 0.5) is 5.69 Å². The Morgan fingerprint density at radius 1 is 1.00 bits per heavy atom. The summed E-state index contributed by atoms with van der Waals surface area (Å²) in [7, 11) is 0. The lowest BCUT2D eigenvalue weighted by Gasteiger charge is -2.05. The van der Waals surface area contributed by atoms with Crippen LogP contribution < -0.4 is 5.73 Å². The van der Waals surface area contributed by atoms with Crippen molar-refractivity contribution in [2.24, 2.45) is 0 Å². The lowest BCUT2D eigenvalue weighted by Crippen LogP contribution is -1.88. The summed E-state index contributed by atoms with van der Waals surface area (Å²) in [6, 6.07) is 16.1. The molecule has 0 heterocycles. The van der Waals surface area contributed by atoms with Gasteiger partial charge in [-0.05, 0) is 23.3 Å². The van der Waals surface area contributed by atoms with Gasteiger partial charge in [0.2, 0.25) is 0 Å². The van der Waals surface area contributed by atoms with Crippen molar-refractivity contribution in [2.75, 3.05) is 5.73 Å². The molecule has 0 saturated carbocycles. The van der Waals surface area contributed by atoms with E-state index >= 15 is 0 Å². The predicted molar refractivity (Wildman–Crippen MR) is 77.3 cm³/mol. The molecule has 0 atom stereocenters. The van der Waals surface area contributed by atoms with Gasteiger partial charge in [0.25, 0.3) is 0 Å². The molecule has 0 spiro atoms. The van der Waals surface area contributed by atoms with Crippen LogP contribution >= 0.6 is 23.4 Å². The predicted octanol–water partition coefficient (Wildman–Crippen LogP) is 4.36. The lowest BCUT2D eigenvalue weighted by molar-refractivity contribution is 1.36. The van der Waals surface area contributed by atoms with Crippen molar-refractivity contribution in [2.45, 2.75) is 11.5 Å². The van der Waals surface area contributed by atoms with E-state index in [1.165, 1.54) is 5.56 Å². The van der Waals surface area contributed by atoms with Gasteiger partial charge in [0.05, 0.1) is 0 Å². The molecular formula is C14H14ClNS. The summed E-state index contributed by atoms with van der Waals surface area (Å²) in [6.45, 7) is 0. The zero-order valence-electron chi connectivity index (χ0n) is 9.40. The van der Waals surface area contributed by atoms with E-state index in [9.17, 15) is 0 Å². The van der Waals surface area contributed by atoms with Crippen molar-refractivity contribution in [3.05, 3.63) is 64.7 Å². The monoisotopic (exact) mass is 263 g/mol. The minimum atomic E-state index is 0.715. The zero-order valence-corrected chi connectivity index (χ0v) is 11.0. The van der Waals surface area contributed by atoms with Gasteiger partial charge in [-0.15, -0.1) is 0 Å². The van der Waals surface area contributed by atoms with Crippen LogP contribution in [0.15, 0.2) is 48.5 Å². The molecule has 88 valence electrons. The normalized spacial score (nSPS) is 10.4. The molecule has 1 nitrogen and oxygen atoms in total. The van der Waals surface area contributed by atoms with Gasteiger partial charge >= 0.3 is 0 Å². The highest BCUT2D eigenvalue weighted by Gasteiger charge is 2.01. The first-order valence-electron chi connectivity index (χ1n) is 5.41. The molecule has 2 aromatic carbocycles. The quantitative estimate of drug-likeness (QED) is 0.830.